The summed E-state index contributed by atoms with van der Waals surface area (Å²) in [6.45, 7) is 3.71. The molecule has 0 spiro atoms. The third-order valence-electron chi connectivity index (χ3n) is 3.28. The first-order valence-corrected chi connectivity index (χ1v) is 10.0. The van der Waals surface area contributed by atoms with Gasteiger partial charge in [-0.3, -0.25) is 10.2 Å². The van der Waals surface area contributed by atoms with Crippen LogP contribution in [0.15, 0.2) is 41.3 Å². The molecule has 0 saturated heterocycles. The average Bonchev–Trinajstić information content (AvgIpc) is 2.59. The molecule has 0 aromatic heterocycles. The third kappa shape index (κ3) is 5.26. The van der Waals surface area contributed by atoms with E-state index in [9.17, 15) is 13.2 Å². The summed E-state index contributed by atoms with van der Waals surface area (Å²) >= 11 is 11.8. The largest absolute Gasteiger partial charge is 0.493 e. The quantitative estimate of drug-likeness (QED) is 0.653. The second-order valence-electron chi connectivity index (χ2n) is 5.64. The molecular formula is C17H18Cl2N2O5S. The van der Waals surface area contributed by atoms with Crippen molar-refractivity contribution in [2.24, 2.45) is 0 Å². The lowest BCUT2D eigenvalue weighted by atomic mass is 10.2. The highest BCUT2D eigenvalue weighted by molar-refractivity contribution is 7.89. The van der Waals surface area contributed by atoms with Crippen LogP contribution in [0.1, 0.15) is 24.2 Å². The maximum atomic E-state index is 12.4. The molecule has 0 aliphatic rings. The van der Waals surface area contributed by atoms with Gasteiger partial charge in [-0.25, -0.2) is 8.42 Å². The predicted molar refractivity (Wildman–Crippen MR) is 103 cm³/mol. The van der Waals surface area contributed by atoms with Crippen LogP contribution in [0.25, 0.3) is 0 Å². The molecule has 2 aromatic rings. The Morgan fingerprint density at radius 3 is 2.26 bits per heavy atom. The van der Waals surface area contributed by atoms with Crippen LogP contribution in [0.5, 0.6) is 11.5 Å². The molecule has 2 rings (SSSR count). The number of hydrogen-bond acceptors (Lipinski definition) is 5. The molecule has 0 saturated carbocycles. The zero-order chi connectivity index (χ0) is 20.2. The van der Waals surface area contributed by atoms with Gasteiger partial charge in [0, 0.05) is 5.56 Å². The van der Waals surface area contributed by atoms with Crippen LogP contribution >= 0.6 is 23.2 Å². The molecule has 0 unspecified atom stereocenters. The first-order valence-electron chi connectivity index (χ1n) is 7.76. The van der Waals surface area contributed by atoms with Crippen molar-refractivity contribution >= 4 is 39.1 Å². The second-order valence-corrected chi connectivity index (χ2v) is 8.08. The smallest absolute Gasteiger partial charge is 0.266 e. The molecule has 0 heterocycles. The number of methoxy groups -OCH3 is 1. The number of nitrogens with one attached hydrogen (secondary N) is 2. The molecule has 2 aromatic carbocycles. The van der Waals surface area contributed by atoms with E-state index in [1.54, 1.807) is 6.07 Å². The molecule has 0 fully saturated rings. The van der Waals surface area contributed by atoms with E-state index in [0.29, 0.717) is 11.5 Å². The van der Waals surface area contributed by atoms with Crippen LogP contribution in [-0.4, -0.2) is 27.5 Å². The number of ether oxygens (including phenoxy) is 2. The van der Waals surface area contributed by atoms with Crippen molar-refractivity contribution in [3.8, 4) is 11.5 Å². The molecule has 0 aliphatic carbocycles. The van der Waals surface area contributed by atoms with Gasteiger partial charge in [-0.05, 0) is 44.2 Å². The molecule has 0 aliphatic heterocycles. The van der Waals surface area contributed by atoms with Gasteiger partial charge in [-0.1, -0.05) is 29.3 Å². The van der Waals surface area contributed by atoms with Crippen molar-refractivity contribution in [3.63, 3.8) is 0 Å². The molecule has 146 valence electrons. The summed E-state index contributed by atoms with van der Waals surface area (Å²) in [4.78, 5) is 13.9. The van der Waals surface area contributed by atoms with Crippen LogP contribution < -0.4 is 19.7 Å². The van der Waals surface area contributed by atoms with E-state index in [1.165, 1.54) is 37.4 Å². The van der Waals surface area contributed by atoms with E-state index < -0.39 is 15.9 Å². The van der Waals surface area contributed by atoms with Crippen LogP contribution in [-0.2, 0) is 10.0 Å². The Hall–Kier alpha value is -2.00. The van der Waals surface area contributed by atoms with E-state index in [0.717, 1.165) is 0 Å². The first kappa shape index (κ1) is 21.3. The van der Waals surface area contributed by atoms with Gasteiger partial charge in [0.15, 0.2) is 11.5 Å². The van der Waals surface area contributed by atoms with Gasteiger partial charge in [0.25, 0.3) is 15.9 Å². The number of hydrogen-bond donors (Lipinski definition) is 2. The number of carbonyl (C=O) groups excluding carboxylic acids is 1. The number of amides is 1. The van der Waals surface area contributed by atoms with Crippen molar-refractivity contribution in [1.82, 2.24) is 10.3 Å². The summed E-state index contributed by atoms with van der Waals surface area (Å²) < 4.78 is 35.5. The van der Waals surface area contributed by atoms with Crippen molar-refractivity contribution in [2.45, 2.75) is 24.8 Å². The summed E-state index contributed by atoms with van der Waals surface area (Å²) in [6, 6.07) is 8.74. The minimum Gasteiger partial charge on any atom is -0.493 e. The lowest BCUT2D eigenvalue weighted by Gasteiger charge is -2.15. The van der Waals surface area contributed by atoms with Gasteiger partial charge >= 0.3 is 0 Å². The Kier molecular flexibility index (Phi) is 6.94. The highest BCUT2D eigenvalue weighted by Crippen LogP contribution is 2.30. The lowest BCUT2D eigenvalue weighted by Crippen LogP contribution is -2.41. The summed E-state index contributed by atoms with van der Waals surface area (Å²) in [6.07, 6.45) is -0.0780. The predicted octanol–water partition coefficient (Wildman–Crippen LogP) is 3.41. The fraction of sp³-hybridized carbons (Fsp3) is 0.235. The van der Waals surface area contributed by atoms with E-state index >= 15 is 0 Å². The number of benzene rings is 2. The lowest BCUT2D eigenvalue weighted by molar-refractivity contribution is 0.0944. The van der Waals surface area contributed by atoms with Gasteiger partial charge in [0.2, 0.25) is 0 Å². The zero-order valence-electron chi connectivity index (χ0n) is 14.7. The van der Waals surface area contributed by atoms with Crippen LogP contribution in [0, 0.1) is 0 Å². The Morgan fingerprint density at radius 1 is 1.07 bits per heavy atom. The van der Waals surface area contributed by atoms with Gasteiger partial charge in [0.1, 0.15) is 4.90 Å². The van der Waals surface area contributed by atoms with Gasteiger partial charge in [0.05, 0.1) is 23.3 Å². The minimum atomic E-state index is -4.17. The number of sulfonamides is 1. The highest BCUT2D eigenvalue weighted by Gasteiger charge is 2.22. The Balaban J connectivity index is 2.18. The fourth-order valence-electron chi connectivity index (χ4n) is 2.14. The average molecular weight is 433 g/mol. The summed E-state index contributed by atoms with van der Waals surface area (Å²) in [5, 5.41) is -0.137. The standard InChI is InChI=1S/C17H18Cl2N2O5S/c1-10(2)26-14-8-7-11(9-15(14)25-3)17(22)20-21-27(23,24)16-12(18)5-4-6-13(16)19/h4-10,21H,1-3H3,(H,20,22). The normalized spacial score (nSPS) is 11.3. The number of rotatable bonds is 7. The second kappa shape index (κ2) is 8.79. The van der Waals surface area contributed by atoms with Gasteiger partial charge in [-0.15, -0.1) is 4.83 Å². The van der Waals surface area contributed by atoms with Crippen molar-refractivity contribution < 1.29 is 22.7 Å². The molecule has 0 radical (unpaired) electrons. The van der Waals surface area contributed by atoms with Gasteiger partial charge in [-0.2, -0.15) is 0 Å². The molecule has 7 nitrogen and oxygen atoms in total. The monoisotopic (exact) mass is 432 g/mol. The molecule has 0 bridgehead atoms. The number of hydrazine groups is 1. The molecular weight excluding hydrogens is 415 g/mol. The Morgan fingerprint density at radius 2 is 1.70 bits per heavy atom. The van der Waals surface area contributed by atoms with Crippen molar-refractivity contribution in [3.05, 3.63) is 52.0 Å². The number of carbonyl (C=O) groups is 1. The van der Waals surface area contributed by atoms with Crippen molar-refractivity contribution in [1.29, 1.82) is 0 Å². The maximum absolute atomic E-state index is 12.4. The topological polar surface area (TPSA) is 93.7 Å². The fourth-order valence-corrected chi connectivity index (χ4v) is 4.12. The summed E-state index contributed by atoms with van der Waals surface area (Å²) in [5.74, 6) is 0.108. The van der Waals surface area contributed by atoms with Crippen LogP contribution in [0.2, 0.25) is 10.0 Å². The van der Waals surface area contributed by atoms with E-state index in [-0.39, 0.29) is 26.6 Å². The van der Waals surface area contributed by atoms with Crippen LogP contribution in [0.4, 0.5) is 0 Å². The zero-order valence-corrected chi connectivity index (χ0v) is 17.1. The Labute approximate surface area is 167 Å². The van der Waals surface area contributed by atoms with E-state index in [2.05, 4.69) is 5.43 Å². The maximum Gasteiger partial charge on any atom is 0.266 e. The molecule has 27 heavy (non-hydrogen) atoms. The van der Waals surface area contributed by atoms with Gasteiger partial charge < -0.3 is 9.47 Å². The molecule has 2 N–H and O–H groups in total. The molecule has 0 atom stereocenters. The third-order valence-corrected chi connectivity index (χ3v) is 5.48. The summed E-state index contributed by atoms with van der Waals surface area (Å²) in [5.41, 5.74) is 2.28. The highest BCUT2D eigenvalue weighted by atomic mass is 35.5. The minimum absolute atomic E-state index is 0.0684. The van der Waals surface area contributed by atoms with Crippen LogP contribution in [0.3, 0.4) is 0 Å². The Bertz CT molecular complexity index is 928. The molecule has 1 amide bonds. The first-order chi connectivity index (χ1) is 12.7. The number of halogens is 2. The molecule has 10 heteroatoms. The van der Waals surface area contributed by atoms with E-state index in [4.69, 9.17) is 32.7 Å². The van der Waals surface area contributed by atoms with E-state index in [1.807, 2.05) is 18.7 Å². The van der Waals surface area contributed by atoms with Crippen molar-refractivity contribution in [2.75, 3.05) is 7.11 Å². The summed E-state index contributed by atoms with van der Waals surface area (Å²) in [7, 11) is -2.73. The SMILES string of the molecule is COc1cc(C(=O)NNS(=O)(=O)c2c(Cl)cccc2Cl)ccc1OC(C)C.